The third-order valence-corrected chi connectivity index (χ3v) is 3.78. The van der Waals surface area contributed by atoms with Gasteiger partial charge in [0.25, 0.3) is 0 Å². The maximum Gasteiger partial charge on any atom is 0.221 e. The van der Waals surface area contributed by atoms with Gasteiger partial charge in [-0.3, -0.25) is 4.79 Å². The van der Waals surface area contributed by atoms with Crippen molar-refractivity contribution in [3.63, 3.8) is 0 Å². The van der Waals surface area contributed by atoms with Gasteiger partial charge in [0.1, 0.15) is 11.5 Å². The van der Waals surface area contributed by atoms with E-state index in [0.717, 1.165) is 15.4 Å². The van der Waals surface area contributed by atoms with E-state index in [2.05, 4.69) is 26.2 Å². The van der Waals surface area contributed by atoms with Gasteiger partial charge in [-0.1, -0.05) is 15.9 Å². The molecule has 1 N–H and O–H groups in total. The Kier molecular flexibility index (Phi) is 4.66. The van der Waals surface area contributed by atoms with Crippen LogP contribution in [0.25, 0.3) is 10.9 Å². The van der Waals surface area contributed by atoms with Gasteiger partial charge in [0, 0.05) is 46.7 Å². The molecule has 0 unspecified atom stereocenters. The number of hydrogen-bond acceptors (Lipinski definition) is 4. The zero-order valence-electron chi connectivity index (χ0n) is 13.2. The van der Waals surface area contributed by atoms with Crippen molar-refractivity contribution < 1.29 is 14.3 Å². The van der Waals surface area contributed by atoms with Gasteiger partial charge in [-0.25, -0.2) is 4.98 Å². The van der Waals surface area contributed by atoms with Crippen molar-refractivity contribution in [2.24, 2.45) is 0 Å². The third kappa shape index (κ3) is 3.83. The summed E-state index contributed by atoms with van der Waals surface area (Å²) in [6, 6.07) is 14.8. The molecule has 2 aromatic carbocycles. The third-order valence-electron chi connectivity index (χ3n) is 3.28. The highest BCUT2D eigenvalue weighted by Crippen LogP contribution is 2.30. The molecule has 24 heavy (non-hydrogen) atoms. The number of rotatable bonds is 4. The van der Waals surface area contributed by atoms with E-state index in [-0.39, 0.29) is 5.91 Å². The standard InChI is InChI=1S/C18H15BrN2O3/c1-11(22)20-14-8-15(23-2)10-16(9-14)24-18-6-3-12-7-13(19)4-5-17(12)21-18/h3-10H,1-2H3,(H,20,22). The zero-order chi connectivity index (χ0) is 17.1. The van der Waals surface area contributed by atoms with Gasteiger partial charge in [-0.2, -0.15) is 0 Å². The van der Waals surface area contributed by atoms with Crippen LogP contribution in [0.15, 0.2) is 53.0 Å². The van der Waals surface area contributed by atoms with Crippen LogP contribution in [0.1, 0.15) is 6.92 Å². The minimum atomic E-state index is -0.163. The van der Waals surface area contributed by atoms with Gasteiger partial charge in [0.15, 0.2) is 0 Å². The number of hydrogen-bond donors (Lipinski definition) is 1. The fraction of sp³-hybridized carbons (Fsp3) is 0.111. The van der Waals surface area contributed by atoms with Crippen molar-refractivity contribution in [1.29, 1.82) is 0 Å². The molecule has 0 saturated carbocycles. The van der Waals surface area contributed by atoms with E-state index in [1.54, 1.807) is 31.4 Å². The summed E-state index contributed by atoms with van der Waals surface area (Å²) in [6.07, 6.45) is 0. The molecule has 0 radical (unpaired) electrons. The molecule has 3 aromatic rings. The topological polar surface area (TPSA) is 60.5 Å². The number of methoxy groups -OCH3 is 1. The van der Waals surface area contributed by atoms with Gasteiger partial charge >= 0.3 is 0 Å². The Morgan fingerprint density at radius 3 is 2.62 bits per heavy atom. The highest BCUT2D eigenvalue weighted by molar-refractivity contribution is 9.10. The summed E-state index contributed by atoms with van der Waals surface area (Å²) in [5.74, 6) is 1.42. The zero-order valence-corrected chi connectivity index (χ0v) is 14.8. The Bertz CT molecular complexity index is 912. The average Bonchev–Trinajstić information content (AvgIpc) is 2.54. The molecule has 1 aromatic heterocycles. The van der Waals surface area contributed by atoms with E-state index in [1.165, 1.54) is 6.92 Å². The molecule has 122 valence electrons. The second kappa shape index (κ2) is 6.88. The smallest absolute Gasteiger partial charge is 0.221 e. The molecular weight excluding hydrogens is 372 g/mol. The Labute approximate surface area is 147 Å². The summed E-state index contributed by atoms with van der Waals surface area (Å²) in [7, 11) is 1.56. The number of carbonyl (C=O) groups is 1. The molecule has 1 amide bonds. The quantitative estimate of drug-likeness (QED) is 0.702. The predicted molar refractivity (Wildman–Crippen MR) is 96.8 cm³/mol. The lowest BCUT2D eigenvalue weighted by Crippen LogP contribution is -2.06. The van der Waals surface area contributed by atoms with Gasteiger partial charge in [-0.05, 0) is 24.3 Å². The van der Waals surface area contributed by atoms with Crippen LogP contribution in [0, 0.1) is 0 Å². The van der Waals surface area contributed by atoms with E-state index in [9.17, 15) is 4.79 Å². The summed E-state index contributed by atoms with van der Waals surface area (Å²) >= 11 is 3.44. The number of benzene rings is 2. The van der Waals surface area contributed by atoms with Crippen LogP contribution in [0.2, 0.25) is 0 Å². The lowest BCUT2D eigenvalue weighted by atomic mass is 10.2. The van der Waals surface area contributed by atoms with Crippen LogP contribution in [-0.4, -0.2) is 18.0 Å². The van der Waals surface area contributed by atoms with E-state index >= 15 is 0 Å². The molecule has 0 spiro atoms. The largest absolute Gasteiger partial charge is 0.497 e. The Morgan fingerprint density at radius 2 is 1.88 bits per heavy atom. The van der Waals surface area contributed by atoms with Crippen molar-refractivity contribution in [1.82, 2.24) is 4.98 Å². The molecule has 0 aliphatic carbocycles. The molecule has 0 atom stereocenters. The van der Waals surface area contributed by atoms with Gasteiger partial charge in [0.2, 0.25) is 11.8 Å². The van der Waals surface area contributed by atoms with Crippen LogP contribution in [0.3, 0.4) is 0 Å². The Morgan fingerprint density at radius 1 is 1.08 bits per heavy atom. The van der Waals surface area contributed by atoms with E-state index in [0.29, 0.717) is 23.1 Å². The first-order valence-electron chi connectivity index (χ1n) is 7.24. The maximum absolute atomic E-state index is 11.2. The summed E-state index contributed by atoms with van der Waals surface area (Å²) in [6.45, 7) is 1.45. The number of fused-ring (bicyclic) bond motifs is 1. The number of nitrogens with zero attached hydrogens (tertiary/aromatic N) is 1. The minimum Gasteiger partial charge on any atom is -0.497 e. The SMILES string of the molecule is COc1cc(NC(C)=O)cc(Oc2ccc3cc(Br)ccc3n2)c1. The lowest BCUT2D eigenvalue weighted by Gasteiger charge is -2.10. The molecule has 0 aliphatic rings. The summed E-state index contributed by atoms with van der Waals surface area (Å²) in [4.78, 5) is 15.7. The number of halogens is 1. The number of carbonyl (C=O) groups excluding carboxylic acids is 1. The first-order valence-corrected chi connectivity index (χ1v) is 8.03. The molecule has 6 heteroatoms. The number of pyridine rings is 1. The van der Waals surface area contributed by atoms with Crippen LogP contribution in [0.5, 0.6) is 17.4 Å². The second-order valence-corrected chi connectivity index (χ2v) is 6.08. The van der Waals surface area contributed by atoms with E-state index in [4.69, 9.17) is 9.47 Å². The lowest BCUT2D eigenvalue weighted by molar-refractivity contribution is -0.114. The van der Waals surface area contributed by atoms with Crippen molar-refractivity contribution in [3.05, 3.63) is 53.0 Å². The van der Waals surface area contributed by atoms with Crippen molar-refractivity contribution in [2.45, 2.75) is 6.92 Å². The van der Waals surface area contributed by atoms with Crippen LogP contribution >= 0.6 is 15.9 Å². The Balaban J connectivity index is 1.92. The molecule has 0 bridgehead atoms. The number of ether oxygens (including phenoxy) is 2. The highest BCUT2D eigenvalue weighted by atomic mass is 79.9. The van der Waals surface area contributed by atoms with E-state index in [1.807, 2.05) is 24.3 Å². The number of aromatic nitrogens is 1. The fourth-order valence-electron chi connectivity index (χ4n) is 2.28. The second-order valence-electron chi connectivity index (χ2n) is 5.17. The predicted octanol–water partition coefficient (Wildman–Crippen LogP) is 4.76. The van der Waals surface area contributed by atoms with Crippen LogP contribution in [-0.2, 0) is 4.79 Å². The maximum atomic E-state index is 11.2. The normalized spacial score (nSPS) is 10.5. The first kappa shape index (κ1) is 16.3. The molecule has 0 aliphatic heterocycles. The molecule has 0 saturated heterocycles. The van der Waals surface area contributed by atoms with Crippen LogP contribution < -0.4 is 14.8 Å². The molecule has 0 fully saturated rings. The number of nitrogens with one attached hydrogen (secondary N) is 1. The summed E-state index contributed by atoms with van der Waals surface area (Å²) in [5.41, 5.74) is 1.43. The highest BCUT2D eigenvalue weighted by Gasteiger charge is 2.07. The minimum absolute atomic E-state index is 0.163. The molecule has 1 heterocycles. The van der Waals surface area contributed by atoms with Crippen LogP contribution in [0.4, 0.5) is 5.69 Å². The van der Waals surface area contributed by atoms with Crippen molar-refractivity contribution in [3.8, 4) is 17.4 Å². The first-order chi connectivity index (χ1) is 11.5. The van der Waals surface area contributed by atoms with Gasteiger partial charge < -0.3 is 14.8 Å². The molecular formula is C18H15BrN2O3. The fourth-order valence-corrected chi connectivity index (χ4v) is 2.66. The van der Waals surface area contributed by atoms with Crippen molar-refractivity contribution in [2.75, 3.05) is 12.4 Å². The molecule has 3 rings (SSSR count). The number of anilines is 1. The number of amides is 1. The van der Waals surface area contributed by atoms with Crippen molar-refractivity contribution >= 4 is 38.4 Å². The van der Waals surface area contributed by atoms with E-state index < -0.39 is 0 Å². The summed E-state index contributed by atoms with van der Waals surface area (Å²) < 4.78 is 12.1. The van der Waals surface area contributed by atoms with Gasteiger partial charge in [0.05, 0.1) is 12.6 Å². The Hall–Kier alpha value is -2.60. The summed E-state index contributed by atoms with van der Waals surface area (Å²) in [5, 5.41) is 3.73. The monoisotopic (exact) mass is 386 g/mol. The molecule has 5 nitrogen and oxygen atoms in total. The van der Waals surface area contributed by atoms with Gasteiger partial charge in [-0.15, -0.1) is 0 Å². The average molecular weight is 387 g/mol.